The second-order valence-electron chi connectivity index (χ2n) is 5.62. The third-order valence-corrected chi connectivity index (χ3v) is 4.06. The Hall–Kier alpha value is -1.06. The molecule has 1 aromatic carbocycles. The van der Waals surface area contributed by atoms with Crippen LogP contribution in [0.4, 0.5) is 5.69 Å². The molecule has 0 bridgehead atoms. The van der Waals surface area contributed by atoms with Crippen LogP contribution in [-0.2, 0) is 0 Å². The predicted molar refractivity (Wildman–Crippen MR) is 87.5 cm³/mol. The Kier molecular flexibility index (Phi) is 6.89. The average molecular weight is 275 g/mol. The Morgan fingerprint density at radius 3 is 2.40 bits per heavy atom. The van der Waals surface area contributed by atoms with E-state index in [2.05, 4.69) is 52.4 Å². The molecule has 20 heavy (non-hydrogen) atoms. The van der Waals surface area contributed by atoms with Crippen molar-refractivity contribution in [1.82, 2.24) is 10.2 Å². The lowest BCUT2D eigenvalue weighted by Gasteiger charge is -2.36. The number of benzene rings is 1. The van der Waals surface area contributed by atoms with Crippen LogP contribution in [0.5, 0.6) is 0 Å². The molecular formula is C17H29N3. The first kappa shape index (κ1) is 15.3. The summed E-state index contributed by atoms with van der Waals surface area (Å²) in [6.07, 6.45) is 3.98. The molecule has 0 radical (unpaired) electrons. The van der Waals surface area contributed by atoms with Gasteiger partial charge in [0, 0.05) is 45.0 Å². The van der Waals surface area contributed by atoms with Crippen molar-refractivity contribution in [2.75, 3.05) is 50.7 Å². The van der Waals surface area contributed by atoms with Gasteiger partial charge < -0.3 is 10.2 Å². The number of nitrogens with zero attached hydrogens (tertiary/aromatic N) is 2. The fourth-order valence-corrected chi connectivity index (χ4v) is 2.73. The van der Waals surface area contributed by atoms with Crippen molar-refractivity contribution in [3.63, 3.8) is 0 Å². The van der Waals surface area contributed by atoms with E-state index < -0.39 is 0 Å². The lowest BCUT2D eigenvalue weighted by molar-refractivity contribution is 0.257. The largest absolute Gasteiger partial charge is 0.369 e. The Balaban J connectivity index is 1.58. The highest BCUT2D eigenvalue weighted by molar-refractivity contribution is 5.46. The molecular weight excluding hydrogens is 246 g/mol. The van der Waals surface area contributed by atoms with Gasteiger partial charge >= 0.3 is 0 Å². The number of piperazine rings is 1. The summed E-state index contributed by atoms with van der Waals surface area (Å²) in [7, 11) is 0. The number of rotatable bonds is 8. The summed E-state index contributed by atoms with van der Waals surface area (Å²) in [5, 5.41) is 3.56. The molecule has 0 unspecified atom stereocenters. The molecule has 1 saturated heterocycles. The molecule has 1 aliphatic heterocycles. The lowest BCUT2D eigenvalue weighted by atomic mass is 10.2. The first-order valence-electron chi connectivity index (χ1n) is 8.13. The number of para-hydroxylation sites is 1. The third kappa shape index (κ3) is 5.14. The van der Waals surface area contributed by atoms with Crippen LogP contribution >= 0.6 is 0 Å². The first-order valence-corrected chi connectivity index (χ1v) is 8.13. The fourth-order valence-electron chi connectivity index (χ4n) is 2.73. The van der Waals surface area contributed by atoms with Gasteiger partial charge in [-0.05, 0) is 25.1 Å². The fraction of sp³-hybridized carbons (Fsp3) is 0.647. The maximum absolute atomic E-state index is 3.56. The van der Waals surface area contributed by atoms with Gasteiger partial charge in [0.25, 0.3) is 0 Å². The van der Waals surface area contributed by atoms with Gasteiger partial charge in [0.05, 0.1) is 0 Å². The van der Waals surface area contributed by atoms with E-state index in [0.29, 0.717) is 0 Å². The standard InChI is InChI=1S/C17H29N3/c1-2-3-7-10-18-11-12-19-13-15-20(16-14-19)17-8-5-4-6-9-17/h4-6,8-9,18H,2-3,7,10-16H2,1H3. The maximum atomic E-state index is 3.56. The zero-order valence-corrected chi connectivity index (χ0v) is 12.9. The summed E-state index contributed by atoms with van der Waals surface area (Å²) < 4.78 is 0. The monoisotopic (exact) mass is 275 g/mol. The van der Waals surface area contributed by atoms with Crippen molar-refractivity contribution in [3.8, 4) is 0 Å². The van der Waals surface area contributed by atoms with E-state index >= 15 is 0 Å². The lowest BCUT2D eigenvalue weighted by Crippen LogP contribution is -2.48. The van der Waals surface area contributed by atoms with E-state index in [1.54, 1.807) is 0 Å². The van der Waals surface area contributed by atoms with Crippen LogP contribution < -0.4 is 10.2 Å². The molecule has 1 aliphatic rings. The van der Waals surface area contributed by atoms with Crippen LogP contribution in [0.3, 0.4) is 0 Å². The van der Waals surface area contributed by atoms with Crippen molar-refractivity contribution in [2.24, 2.45) is 0 Å². The molecule has 0 amide bonds. The zero-order valence-electron chi connectivity index (χ0n) is 12.9. The first-order chi connectivity index (χ1) is 9.90. The molecule has 1 fully saturated rings. The minimum atomic E-state index is 1.13. The molecule has 2 rings (SSSR count). The van der Waals surface area contributed by atoms with E-state index in [4.69, 9.17) is 0 Å². The molecule has 1 aromatic rings. The van der Waals surface area contributed by atoms with E-state index in [1.165, 1.54) is 51.1 Å². The second-order valence-corrected chi connectivity index (χ2v) is 5.62. The summed E-state index contributed by atoms with van der Waals surface area (Å²) in [6.45, 7) is 10.4. The molecule has 0 aromatic heterocycles. The van der Waals surface area contributed by atoms with Crippen LogP contribution in [0.1, 0.15) is 26.2 Å². The van der Waals surface area contributed by atoms with Crippen molar-refractivity contribution in [2.45, 2.75) is 26.2 Å². The zero-order chi connectivity index (χ0) is 14.0. The molecule has 3 heteroatoms. The van der Waals surface area contributed by atoms with E-state index in [9.17, 15) is 0 Å². The highest BCUT2D eigenvalue weighted by atomic mass is 15.3. The Morgan fingerprint density at radius 2 is 1.70 bits per heavy atom. The number of nitrogens with one attached hydrogen (secondary N) is 1. The number of hydrogen-bond acceptors (Lipinski definition) is 3. The van der Waals surface area contributed by atoms with Gasteiger partial charge in [-0.25, -0.2) is 0 Å². The second kappa shape index (κ2) is 8.98. The van der Waals surface area contributed by atoms with E-state index in [-0.39, 0.29) is 0 Å². The minimum Gasteiger partial charge on any atom is -0.369 e. The van der Waals surface area contributed by atoms with Gasteiger partial charge in [-0.2, -0.15) is 0 Å². The van der Waals surface area contributed by atoms with Gasteiger partial charge in [0.15, 0.2) is 0 Å². The number of anilines is 1. The quantitative estimate of drug-likeness (QED) is 0.736. The average Bonchev–Trinajstić information content (AvgIpc) is 2.52. The van der Waals surface area contributed by atoms with Crippen molar-refractivity contribution >= 4 is 5.69 Å². The Morgan fingerprint density at radius 1 is 0.950 bits per heavy atom. The number of unbranched alkanes of at least 4 members (excludes halogenated alkanes) is 2. The molecule has 0 saturated carbocycles. The van der Waals surface area contributed by atoms with Gasteiger partial charge in [-0.1, -0.05) is 38.0 Å². The van der Waals surface area contributed by atoms with Crippen LogP contribution in [0.25, 0.3) is 0 Å². The van der Waals surface area contributed by atoms with Gasteiger partial charge in [-0.3, -0.25) is 4.90 Å². The predicted octanol–water partition coefficient (Wildman–Crippen LogP) is 2.59. The summed E-state index contributed by atoms with van der Waals surface area (Å²) in [6, 6.07) is 10.8. The third-order valence-electron chi connectivity index (χ3n) is 4.06. The summed E-state index contributed by atoms with van der Waals surface area (Å²) in [5.74, 6) is 0. The molecule has 0 spiro atoms. The maximum Gasteiger partial charge on any atom is 0.0367 e. The van der Waals surface area contributed by atoms with E-state index in [1.807, 2.05) is 0 Å². The number of hydrogen-bond donors (Lipinski definition) is 1. The summed E-state index contributed by atoms with van der Waals surface area (Å²) in [5.41, 5.74) is 1.37. The summed E-state index contributed by atoms with van der Waals surface area (Å²) in [4.78, 5) is 5.07. The molecule has 1 N–H and O–H groups in total. The molecule has 0 aliphatic carbocycles. The smallest absolute Gasteiger partial charge is 0.0367 e. The molecule has 3 nitrogen and oxygen atoms in total. The van der Waals surface area contributed by atoms with Gasteiger partial charge in [0.2, 0.25) is 0 Å². The molecule has 0 atom stereocenters. The van der Waals surface area contributed by atoms with Crippen molar-refractivity contribution in [1.29, 1.82) is 0 Å². The molecule has 112 valence electrons. The highest BCUT2D eigenvalue weighted by Crippen LogP contribution is 2.15. The van der Waals surface area contributed by atoms with Crippen LogP contribution in [0.2, 0.25) is 0 Å². The minimum absolute atomic E-state index is 1.13. The van der Waals surface area contributed by atoms with Crippen molar-refractivity contribution < 1.29 is 0 Å². The normalized spacial score (nSPS) is 16.6. The van der Waals surface area contributed by atoms with Crippen LogP contribution in [0, 0.1) is 0 Å². The van der Waals surface area contributed by atoms with Crippen molar-refractivity contribution in [3.05, 3.63) is 30.3 Å². The topological polar surface area (TPSA) is 18.5 Å². The van der Waals surface area contributed by atoms with Gasteiger partial charge in [-0.15, -0.1) is 0 Å². The SMILES string of the molecule is CCCCCNCCN1CCN(c2ccccc2)CC1. The molecule has 1 heterocycles. The van der Waals surface area contributed by atoms with Gasteiger partial charge in [0.1, 0.15) is 0 Å². The van der Waals surface area contributed by atoms with Crippen LogP contribution in [0.15, 0.2) is 30.3 Å². The Labute approximate surface area is 124 Å². The Bertz CT molecular complexity index is 345. The highest BCUT2D eigenvalue weighted by Gasteiger charge is 2.16. The van der Waals surface area contributed by atoms with E-state index in [0.717, 1.165) is 19.6 Å². The summed E-state index contributed by atoms with van der Waals surface area (Å²) >= 11 is 0. The van der Waals surface area contributed by atoms with Crippen LogP contribution in [-0.4, -0.2) is 50.7 Å².